The van der Waals surface area contributed by atoms with E-state index in [9.17, 15) is 14.4 Å². The quantitative estimate of drug-likeness (QED) is 0.740. The van der Waals surface area contributed by atoms with E-state index in [2.05, 4.69) is 17.4 Å². The summed E-state index contributed by atoms with van der Waals surface area (Å²) in [4.78, 5) is 38.9. The molecule has 3 atom stereocenters. The number of alkyl carbamates (subject to hydrolysis) is 1. The van der Waals surface area contributed by atoms with Gasteiger partial charge in [0.1, 0.15) is 18.9 Å². The first-order valence-electron chi connectivity index (χ1n) is 10.7. The molecule has 0 radical (unpaired) electrons. The molecule has 2 saturated heterocycles. The summed E-state index contributed by atoms with van der Waals surface area (Å²) in [5.74, 6) is -0.944. The molecular formula is C24H24N2O6. The van der Waals surface area contributed by atoms with Gasteiger partial charge in [0.15, 0.2) is 6.04 Å². The Morgan fingerprint density at radius 1 is 1.06 bits per heavy atom. The summed E-state index contributed by atoms with van der Waals surface area (Å²) in [6.07, 6.45) is -0.184. The SMILES string of the molecule is COC(=O)[C@@H]1CO[C@H]2CC[C@H](NC(=O)OCC3c4ccccc4-c4ccccc43)C(=O)N21. The molecule has 166 valence electrons. The van der Waals surface area contributed by atoms with E-state index in [1.807, 2.05) is 36.4 Å². The van der Waals surface area contributed by atoms with Gasteiger partial charge in [0.25, 0.3) is 0 Å². The molecule has 2 aromatic carbocycles. The van der Waals surface area contributed by atoms with Gasteiger partial charge in [-0.15, -0.1) is 0 Å². The number of nitrogens with one attached hydrogen (secondary N) is 1. The molecule has 2 heterocycles. The van der Waals surface area contributed by atoms with Gasteiger partial charge in [0.2, 0.25) is 5.91 Å². The Labute approximate surface area is 185 Å². The number of benzene rings is 2. The molecule has 3 aliphatic rings. The molecule has 0 spiro atoms. The fraction of sp³-hybridized carbons (Fsp3) is 0.375. The van der Waals surface area contributed by atoms with E-state index < -0.39 is 30.4 Å². The molecule has 2 fully saturated rings. The monoisotopic (exact) mass is 436 g/mol. The van der Waals surface area contributed by atoms with Crippen LogP contribution in [0, 0.1) is 0 Å². The van der Waals surface area contributed by atoms with E-state index >= 15 is 0 Å². The van der Waals surface area contributed by atoms with Crippen molar-refractivity contribution in [2.45, 2.75) is 37.1 Å². The second-order valence-corrected chi connectivity index (χ2v) is 8.17. The van der Waals surface area contributed by atoms with Crippen LogP contribution < -0.4 is 5.32 Å². The number of amides is 2. The summed E-state index contributed by atoms with van der Waals surface area (Å²) in [6, 6.07) is 14.6. The molecule has 1 aliphatic carbocycles. The number of hydrogen-bond acceptors (Lipinski definition) is 6. The summed E-state index contributed by atoms with van der Waals surface area (Å²) in [7, 11) is 1.27. The van der Waals surface area contributed by atoms with Crippen molar-refractivity contribution >= 4 is 18.0 Å². The number of esters is 1. The van der Waals surface area contributed by atoms with Crippen molar-refractivity contribution in [3.05, 3.63) is 59.7 Å². The predicted octanol–water partition coefficient (Wildman–Crippen LogP) is 2.41. The molecule has 32 heavy (non-hydrogen) atoms. The smallest absolute Gasteiger partial charge is 0.407 e. The Bertz CT molecular complexity index is 1020. The Hall–Kier alpha value is -3.39. The van der Waals surface area contributed by atoms with Gasteiger partial charge in [-0.1, -0.05) is 48.5 Å². The standard InChI is InChI=1S/C24H24N2O6/c1-30-23(28)20-13-31-21-11-10-19(22(27)26(20)21)25-24(29)32-12-18-16-8-4-2-6-14(16)15-7-3-5-9-17(15)18/h2-9,18-21H,10-13H2,1H3,(H,25,29)/t19-,20-,21-/m0/s1. The fourth-order valence-corrected chi connectivity index (χ4v) is 4.93. The third-order valence-electron chi connectivity index (χ3n) is 6.46. The number of ether oxygens (including phenoxy) is 3. The highest BCUT2D eigenvalue weighted by atomic mass is 16.6. The molecule has 0 unspecified atom stereocenters. The van der Waals surface area contributed by atoms with E-state index in [-0.39, 0.29) is 25.0 Å². The van der Waals surface area contributed by atoms with Crippen LogP contribution in [0.3, 0.4) is 0 Å². The first-order valence-corrected chi connectivity index (χ1v) is 10.7. The molecule has 2 aliphatic heterocycles. The highest BCUT2D eigenvalue weighted by Crippen LogP contribution is 2.44. The Morgan fingerprint density at radius 3 is 2.38 bits per heavy atom. The molecule has 2 aromatic rings. The molecular weight excluding hydrogens is 412 g/mol. The van der Waals surface area contributed by atoms with Gasteiger partial charge in [0, 0.05) is 5.92 Å². The number of rotatable bonds is 4. The third-order valence-corrected chi connectivity index (χ3v) is 6.46. The minimum absolute atomic E-state index is 0.0599. The van der Waals surface area contributed by atoms with Gasteiger partial charge < -0.3 is 19.5 Å². The second-order valence-electron chi connectivity index (χ2n) is 8.17. The van der Waals surface area contributed by atoms with Crippen LogP contribution in [-0.4, -0.2) is 61.5 Å². The van der Waals surface area contributed by atoms with Crippen molar-refractivity contribution in [1.82, 2.24) is 10.2 Å². The largest absolute Gasteiger partial charge is 0.467 e. The normalized spacial score (nSPS) is 23.8. The van der Waals surface area contributed by atoms with Crippen LogP contribution in [-0.2, 0) is 23.8 Å². The number of hydrogen-bond donors (Lipinski definition) is 1. The van der Waals surface area contributed by atoms with Gasteiger partial charge in [-0.25, -0.2) is 9.59 Å². The van der Waals surface area contributed by atoms with E-state index in [1.54, 1.807) is 0 Å². The average Bonchev–Trinajstić information content (AvgIpc) is 3.39. The minimum atomic E-state index is -0.787. The van der Waals surface area contributed by atoms with Gasteiger partial charge >= 0.3 is 12.1 Å². The lowest BCUT2D eigenvalue weighted by molar-refractivity contribution is -0.156. The first kappa shape index (κ1) is 20.5. The van der Waals surface area contributed by atoms with Crippen LogP contribution in [0.5, 0.6) is 0 Å². The molecule has 5 rings (SSSR count). The number of carbonyl (C=O) groups excluding carboxylic acids is 3. The van der Waals surface area contributed by atoms with E-state index in [1.165, 1.54) is 12.0 Å². The van der Waals surface area contributed by atoms with E-state index in [0.29, 0.717) is 12.8 Å². The molecule has 0 saturated carbocycles. The molecule has 0 aromatic heterocycles. The van der Waals surface area contributed by atoms with Crippen molar-refractivity contribution < 1.29 is 28.6 Å². The average molecular weight is 436 g/mol. The van der Waals surface area contributed by atoms with Gasteiger partial charge in [-0.3, -0.25) is 9.69 Å². The van der Waals surface area contributed by atoms with E-state index in [4.69, 9.17) is 14.2 Å². The maximum atomic E-state index is 12.9. The lowest BCUT2D eigenvalue weighted by atomic mass is 9.98. The lowest BCUT2D eigenvalue weighted by Gasteiger charge is -2.35. The topological polar surface area (TPSA) is 94.2 Å². The fourth-order valence-electron chi connectivity index (χ4n) is 4.93. The molecule has 0 bridgehead atoms. The van der Waals surface area contributed by atoms with Crippen LogP contribution >= 0.6 is 0 Å². The third kappa shape index (κ3) is 3.40. The van der Waals surface area contributed by atoms with E-state index in [0.717, 1.165) is 22.3 Å². The predicted molar refractivity (Wildman–Crippen MR) is 114 cm³/mol. The number of carbonyl (C=O) groups is 3. The molecule has 2 amide bonds. The van der Waals surface area contributed by atoms with Crippen molar-refractivity contribution in [3.63, 3.8) is 0 Å². The molecule has 8 nitrogen and oxygen atoms in total. The number of methoxy groups -OCH3 is 1. The summed E-state index contributed by atoms with van der Waals surface area (Å²) in [5, 5.41) is 2.67. The first-order chi connectivity index (χ1) is 15.6. The Morgan fingerprint density at radius 2 is 1.72 bits per heavy atom. The lowest BCUT2D eigenvalue weighted by Crippen LogP contribution is -2.58. The maximum Gasteiger partial charge on any atom is 0.407 e. The van der Waals surface area contributed by atoms with Crippen LogP contribution in [0.1, 0.15) is 29.9 Å². The Balaban J connectivity index is 1.24. The maximum absolute atomic E-state index is 12.9. The Kier molecular flexibility index (Phi) is 5.30. The van der Waals surface area contributed by atoms with Crippen LogP contribution in [0.4, 0.5) is 4.79 Å². The minimum Gasteiger partial charge on any atom is -0.467 e. The van der Waals surface area contributed by atoms with Crippen molar-refractivity contribution in [2.24, 2.45) is 0 Å². The summed E-state index contributed by atoms with van der Waals surface area (Å²) < 4.78 is 15.9. The molecule has 1 N–H and O–H groups in total. The van der Waals surface area contributed by atoms with Crippen molar-refractivity contribution in [2.75, 3.05) is 20.3 Å². The highest BCUT2D eigenvalue weighted by molar-refractivity contribution is 5.91. The zero-order chi connectivity index (χ0) is 22.2. The van der Waals surface area contributed by atoms with Gasteiger partial charge in [-0.2, -0.15) is 0 Å². The highest BCUT2D eigenvalue weighted by Gasteiger charge is 2.48. The summed E-state index contributed by atoms with van der Waals surface area (Å²) in [5.41, 5.74) is 4.53. The number of piperidine rings is 1. The van der Waals surface area contributed by atoms with Gasteiger partial charge in [-0.05, 0) is 35.1 Å². The van der Waals surface area contributed by atoms with Crippen molar-refractivity contribution in [1.29, 1.82) is 0 Å². The molecule has 8 heteroatoms. The number of fused-ring (bicyclic) bond motifs is 4. The van der Waals surface area contributed by atoms with Crippen molar-refractivity contribution in [3.8, 4) is 11.1 Å². The zero-order valence-corrected chi connectivity index (χ0v) is 17.7. The van der Waals surface area contributed by atoms with Crippen LogP contribution in [0.2, 0.25) is 0 Å². The summed E-state index contributed by atoms with van der Waals surface area (Å²) in [6.45, 7) is 0.266. The summed E-state index contributed by atoms with van der Waals surface area (Å²) >= 11 is 0. The number of nitrogens with zero attached hydrogens (tertiary/aromatic N) is 1. The zero-order valence-electron chi connectivity index (χ0n) is 17.7. The van der Waals surface area contributed by atoms with Crippen LogP contribution in [0.25, 0.3) is 11.1 Å². The van der Waals surface area contributed by atoms with Gasteiger partial charge in [0.05, 0.1) is 13.7 Å². The van der Waals surface area contributed by atoms with Crippen LogP contribution in [0.15, 0.2) is 48.5 Å². The second kappa shape index (κ2) is 8.27.